The third-order valence-corrected chi connectivity index (χ3v) is 5.55. The van der Waals surface area contributed by atoms with E-state index < -0.39 is 0 Å². The van der Waals surface area contributed by atoms with Crippen molar-refractivity contribution < 1.29 is 14.0 Å². The van der Waals surface area contributed by atoms with Gasteiger partial charge in [0.1, 0.15) is 5.82 Å². The fourth-order valence-electron chi connectivity index (χ4n) is 3.87. The first kappa shape index (κ1) is 20.0. The molecule has 0 saturated carbocycles. The number of anilines is 1. The summed E-state index contributed by atoms with van der Waals surface area (Å²) in [6, 6.07) is 14.2. The summed E-state index contributed by atoms with van der Waals surface area (Å²) in [5.74, 6) is -0.302. The van der Waals surface area contributed by atoms with E-state index in [1.165, 1.54) is 6.07 Å². The molecule has 4 nitrogen and oxygen atoms in total. The van der Waals surface area contributed by atoms with Crippen LogP contribution in [-0.2, 0) is 17.6 Å². The van der Waals surface area contributed by atoms with Crippen molar-refractivity contribution in [3.8, 4) is 11.1 Å². The Morgan fingerprint density at radius 2 is 1.93 bits per heavy atom. The van der Waals surface area contributed by atoms with Crippen LogP contribution in [0.2, 0.25) is 0 Å². The second-order valence-corrected chi connectivity index (χ2v) is 7.47. The van der Waals surface area contributed by atoms with Gasteiger partial charge in [-0.15, -0.1) is 0 Å². The van der Waals surface area contributed by atoms with Gasteiger partial charge >= 0.3 is 0 Å². The summed E-state index contributed by atoms with van der Waals surface area (Å²) in [5, 5.41) is 0. The Kier molecular flexibility index (Phi) is 5.70. The molecule has 0 fully saturated rings. The molecule has 30 heavy (non-hydrogen) atoms. The maximum atomic E-state index is 14.8. The smallest absolute Gasteiger partial charge is 0.226 e. The number of fused-ring (bicyclic) bond motifs is 1. The summed E-state index contributed by atoms with van der Waals surface area (Å²) in [7, 11) is 0. The number of rotatable bonds is 6. The number of nitrogens with zero attached hydrogens (tertiary/aromatic N) is 2. The van der Waals surface area contributed by atoms with Crippen LogP contribution in [0, 0.1) is 5.82 Å². The fraction of sp³-hybridized carbons (Fsp3) is 0.240. The van der Waals surface area contributed by atoms with Crippen LogP contribution < -0.4 is 4.90 Å². The minimum atomic E-state index is -0.361. The van der Waals surface area contributed by atoms with Crippen LogP contribution in [0.15, 0.2) is 60.9 Å². The van der Waals surface area contributed by atoms with Crippen molar-refractivity contribution in [1.82, 2.24) is 4.98 Å². The number of benzene rings is 2. The lowest BCUT2D eigenvalue weighted by Gasteiger charge is -2.17. The van der Waals surface area contributed by atoms with E-state index >= 15 is 0 Å². The van der Waals surface area contributed by atoms with E-state index in [2.05, 4.69) is 4.98 Å². The van der Waals surface area contributed by atoms with Crippen LogP contribution in [0.1, 0.15) is 41.3 Å². The quantitative estimate of drug-likeness (QED) is 0.545. The van der Waals surface area contributed by atoms with Gasteiger partial charge in [-0.2, -0.15) is 0 Å². The molecule has 0 unspecified atom stereocenters. The lowest BCUT2D eigenvalue weighted by Crippen LogP contribution is -2.27. The molecule has 0 aliphatic carbocycles. The summed E-state index contributed by atoms with van der Waals surface area (Å²) in [6.07, 6.45) is 5.64. The topological polar surface area (TPSA) is 50.3 Å². The van der Waals surface area contributed by atoms with E-state index in [4.69, 9.17) is 0 Å². The van der Waals surface area contributed by atoms with Gasteiger partial charge in [-0.05, 0) is 47.7 Å². The molecule has 4 rings (SSSR count). The van der Waals surface area contributed by atoms with E-state index in [-0.39, 0.29) is 17.5 Å². The van der Waals surface area contributed by atoms with Gasteiger partial charge in [-0.3, -0.25) is 14.6 Å². The normalized spacial score (nSPS) is 12.7. The Morgan fingerprint density at radius 1 is 1.13 bits per heavy atom. The average molecular weight is 402 g/mol. The number of hydrogen-bond donors (Lipinski definition) is 0. The van der Waals surface area contributed by atoms with E-state index in [1.807, 2.05) is 25.1 Å². The Hall–Kier alpha value is -3.34. The third-order valence-electron chi connectivity index (χ3n) is 5.55. The first-order chi connectivity index (χ1) is 14.6. The van der Waals surface area contributed by atoms with Crippen molar-refractivity contribution in [3.05, 3.63) is 83.4 Å². The van der Waals surface area contributed by atoms with Crippen molar-refractivity contribution >= 4 is 17.4 Å². The van der Waals surface area contributed by atoms with Gasteiger partial charge in [-0.25, -0.2) is 4.39 Å². The van der Waals surface area contributed by atoms with Crippen molar-refractivity contribution in [2.45, 2.75) is 32.6 Å². The molecule has 0 atom stereocenters. The molecule has 0 radical (unpaired) electrons. The SMILES string of the molecule is CCC(=O)N1CCc2cc(-c3ccc(C(=O)CCc4cccnc4)cc3)c(F)cc21. The zero-order valence-electron chi connectivity index (χ0n) is 16.9. The predicted octanol–water partition coefficient (Wildman–Crippen LogP) is 5.00. The summed E-state index contributed by atoms with van der Waals surface area (Å²) in [5.41, 5.74) is 4.51. The minimum Gasteiger partial charge on any atom is -0.312 e. The van der Waals surface area contributed by atoms with Crippen molar-refractivity contribution in [2.75, 3.05) is 11.4 Å². The standard InChI is InChI=1S/C25H23FN2O2/c1-2-25(30)28-13-11-20-14-21(22(26)15-23(20)28)18-6-8-19(9-7-18)24(29)10-5-17-4-3-12-27-16-17/h3-4,6-9,12,14-16H,2,5,10-11,13H2,1H3. The number of hydrogen-bond acceptors (Lipinski definition) is 3. The van der Waals surface area contributed by atoms with Crippen LogP contribution >= 0.6 is 0 Å². The molecule has 0 spiro atoms. The number of carbonyl (C=O) groups is 2. The second-order valence-electron chi connectivity index (χ2n) is 7.47. The highest BCUT2D eigenvalue weighted by Crippen LogP contribution is 2.35. The predicted molar refractivity (Wildman–Crippen MR) is 115 cm³/mol. The molecule has 0 N–H and O–H groups in total. The van der Waals surface area contributed by atoms with E-state index in [9.17, 15) is 14.0 Å². The molecular formula is C25H23FN2O2. The number of halogens is 1. The molecule has 0 saturated heterocycles. The van der Waals surface area contributed by atoms with Crippen LogP contribution in [0.3, 0.4) is 0 Å². The largest absolute Gasteiger partial charge is 0.312 e. The second kappa shape index (κ2) is 8.57. The molecule has 1 amide bonds. The van der Waals surface area contributed by atoms with Crippen LogP contribution in [-0.4, -0.2) is 23.2 Å². The van der Waals surface area contributed by atoms with Crippen molar-refractivity contribution in [2.24, 2.45) is 0 Å². The minimum absolute atomic E-state index is 0.00930. The first-order valence-corrected chi connectivity index (χ1v) is 10.2. The highest BCUT2D eigenvalue weighted by Gasteiger charge is 2.25. The summed E-state index contributed by atoms with van der Waals surface area (Å²) < 4.78 is 14.8. The zero-order valence-corrected chi connectivity index (χ0v) is 16.9. The molecule has 5 heteroatoms. The van der Waals surface area contributed by atoms with E-state index in [0.29, 0.717) is 42.6 Å². The number of aryl methyl sites for hydroxylation is 1. The highest BCUT2D eigenvalue weighted by molar-refractivity contribution is 5.97. The van der Waals surface area contributed by atoms with Gasteiger partial charge in [0.25, 0.3) is 0 Å². The monoisotopic (exact) mass is 402 g/mol. The number of ketones is 1. The average Bonchev–Trinajstić information content (AvgIpc) is 3.20. The maximum absolute atomic E-state index is 14.8. The number of carbonyl (C=O) groups excluding carboxylic acids is 2. The molecule has 1 aliphatic heterocycles. The lowest BCUT2D eigenvalue weighted by molar-refractivity contribution is -0.118. The van der Waals surface area contributed by atoms with Gasteiger partial charge in [0.15, 0.2) is 5.78 Å². The van der Waals surface area contributed by atoms with Gasteiger partial charge in [0.2, 0.25) is 5.91 Å². The Balaban J connectivity index is 1.50. The molecule has 1 aliphatic rings. The van der Waals surface area contributed by atoms with E-state index in [1.54, 1.807) is 41.6 Å². The van der Waals surface area contributed by atoms with Crippen molar-refractivity contribution in [3.63, 3.8) is 0 Å². The summed E-state index contributed by atoms with van der Waals surface area (Å²) in [6.45, 7) is 2.40. The lowest BCUT2D eigenvalue weighted by atomic mass is 9.97. The van der Waals surface area contributed by atoms with Gasteiger partial charge in [-0.1, -0.05) is 37.3 Å². The third kappa shape index (κ3) is 4.01. The maximum Gasteiger partial charge on any atom is 0.226 e. The molecular weight excluding hydrogens is 379 g/mol. The van der Waals surface area contributed by atoms with Crippen LogP contribution in [0.25, 0.3) is 11.1 Å². The molecule has 3 aromatic rings. The van der Waals surface area contributed by atoms with Gasteiger partial charge < -0.3 is 4.90 Å². The Bertz CT molecular complexity index is 1080. The zero-order chi connectivity index (χ0) is 21.1. The number of aromatic nitrogens is 1. The van der Waals surface area contributed by atoms with Gasteiger partial charge in [0.05, 0.1) is 0 Å². The highest BCUT2D eigenvalue weighted by atomic mass is 19.1. The molecule has 1 aromatic heterocycles. The molecule has 0 bridgehead atoms. The van der Waals surface area contributed by atoms with Gasteiger partial charge in [0, 0.05) is 48.6 Å². The molecule has 2 aromatic carbocycles. The van der Waals surface area contributed by atoms with Crippen LogP contribution in [0.5, 0.6) is 0 Å². The fourth-order valence-corrected chi connectivity index (χ4v) is 3.87. The molecule has 2 heterocycles. The Labute approximate surface area is 175 Å². The van der Waals surface area contributed by atoms with Crippen molar-refractivity contribution in [1.29, 1.82) is 0 Å². The number of pyridine rings is 1. The number of Topliss-reactive ketones (excluding diaryl/α,β-unsaturated/α-hetero) is 1. The molecule has 152 valence electrons. The summed E-state index contributed by atoms with van der Waals surface area (Å²) in [4.78, 5) is 30.3. The summed E-state index contributed by atoms with van der Waals surface area (Å²) >= 11 is 0. The van der Waals surface area contributed by atoms with Crippen LogP contribution in [0.4, 0.5) is 10.1 Å². The first-order valence-electron chi connectivity index (χ1n) is 10.2. The van der Waals surface area contributed by atoms with E-state index in [0.717, 1.165) is 23.1 Å². The number of amides is 1. The Morgan fingerprint density at radius 3 is 2.63 bits per heavy atom.